The number of nitrogens with zero attached hydrogens (tertiary/aromatic N) is 2. The van der Waals surface area contributed by atoms with Crippen LogP contribution in [-0.2, 0) is 5.41 Å². The van der Waals surface area contributed by atoms with Crippen LogP contribution in [0.25, 0.3) is 0 Å². The summed E-state index contributed by atoms with van der Waals surface area (Å²) < 4.78 is 0. The van der Waals surface area contributed by atoms with E-state index in [1.165, 1.54) is 16.9 Å². The maximum Gasteiger partial charge on any atom is 0.204 e. The fourth-order valence-corrected chi connectivity index (χ4v) is 2.81. The van der Waals surface area contributed by atoms with E-state index in [0.29, 0.717) is 10.0 Å². The van der Waals surface area contributed by atoms with Gasteiger partial charge < -0.3 is 0 Å². The van der Waals surface area contributed by atoms with Crippen molar-refractivity contribution in [2.45, 2.75) is 40.0 Å². The number of Topliss-reactive ketones (excluding diaryl/α,β-unsaturated/α-hetero) is 1. The molecule has 1 aromatic carbocycles. The van der Waals surface area contributed by atoms with Crippen LogP contribution in [0.1, 0.15) is 54.2 Å². The van der Waals surface area contributed by atoms with Crippen molar-refractivity contribution in [1.29, 1.82) is 0 Å². The predicted octanol–water partition coefficient (Wildman–Crippen LogP) is 4.40. The largest absolute Gasteiger partial charge is 0.294 e. The lowest BCUT2D eigenvalue weighted by atomic mass is 9.87. The number of carbonyl (C=O) groups excluding carboxylic acids is 1. The summed E-state index contributed by atoms with van der Waals surface area (Å²) in [7, 11) is 0. The number of hydrogen-bond donors (Lipinski definition) is 1. The Labute approximate surface area is 135 Å². The van der Waals surface area contributed by atoms with Gasteiger partial charge in [0.25, 0.3) is 0 Å². The molecular formula is C17H21N3OS. The van der Waals surface area contributed by atoms with E-state index in [1.54, 1.807) is 13.1 Å². The van der Waals surface area contributed by atoms with Crippen LogP contribution < -0.4 is 5.43 Å². The smallest absolute Gasteiger partial charge is 0.204 e. The molecule has 0 fully saturated rings. The van der Waals surface area contributed by atoms with E-state index in [0.717, 1.165) is 11.3 Å². The second kappa shape index (κ2) is 6.40. The van der Waals surface area contributed by atoms with Gasteiger partial charge >= 0.3 is 0 Å². The summed E-state index contributed by atoms with van der Waals surface area (Å²) in [6.45, 7) is 9.94. The average molecular weight is 315 g/mol. The molecule has 116 valence electrons. The molecule has 0 bridgehead atoms. The van der Waals surface area contributed by atoms with Gasteiger partial charge in [-0.2, -0.15) is 5.10 Å². The summed E-state index contributed by atoms with van der Waals surface area (Å²) in [6, 6.07) is 8.31. The van der Waals surface area contributed by atoms with Crippen LogP contribution in [0.4, 0.5) is 5.13 Å². The van der Waals surface area contributed by atoms with Gasteiger partial charge in [0.2, 0.25) is 5.13 Å². The summed E-state index contributed by atoms with van der Waals surface area (Å²) in [5.74, 6) is 0.0322. The molecule has 0 unspecified atom stereocenters. The molecule has 0 saturated heterocycles. The number of anilines is 1. The number of hydrogen-bond acceptors (Lipinski definition) is 5. The quantitative estimate of drug-likeness (QED) is 0.517. The highest BCUT2D eigenvalue weighted by atomic mass is 32.1. The van der Waals surface area contributed by atoms with Crippen molar-refractivity contribution in [2.24, 2.45) is 5.10 Å². The van der Waals surface area contributed by atoms with Crippen molar-refractivity contribution >= 4 is 28.5 Å². The Morgan fingerprint density at radius 2 is 1.91 bits per heavy atom. The van der Waals surface area contributed by atoms with E-state index in [4.69, 9.17) is 0 Å². The van der Waals surface area contributed by atoms with Gasteiger partial charge in [-0.1, -0.05) is 56.4 Å². The zero-order valence-corrected chi connectivity index (χ0v) is 14.4. The van der Waals surface area contributed by atoms with Gasteiger partial charge in [-0.25, -0.2) is 4.98 Å². The molecule has 1 heterocycles. The van der Waals surface area contributed by atoms with Crippen LogP contribution in [0.2, 0.25) is 0 Å². The molecule has 0 radical (unpaired) electrons. The number of ketones is 1. The Balaban J connectivity index is 2.04. The van der Waals surface area contributed by atoms with Gasteiger partial charge in [0.1, 0.15) is 0 Å². The van der Waals surface area contributed by atoms with Gasteiger partial charge in [0.15, 0.2) is 5.78 Å². The molecule has 2 aromatic rings. The fourth-order valence-electron chi connectivity index (χ4n) is 2.00. The first kappa shape index (κ1) is 16.4. The van der Waals surface area contributed by atoms with Crippen LogP contribution >= 0.6 is 11.3 Å². The highest BCUT2D eigenvalue weighted by molar-refractivity contribution is 7.17. The Kier molecular flexibility index (Phi) is 4.76. The van der Waals surface area contributed by atoms with E-state index >= 15 is 0 Å². The van der Waals surface area contributed by atoms with E-state index in [2.05, 4.69) is 48.4 Å². The van der Waals surface area contributed by atoms with Crippen molar-refractivity contribution in [2.75, 3.05) is 5.43 Å². The molecule has 0 aliphatic rings. The molecule has 2 rings (SSSR count). The number of thiazole rings is 1. The number of carbonyl (C=O) groups is 1. The topological polar surface area (TPSA) is 54.4 Å². The zero-order chi connectivity index (χ0) is 16.3. The Morgan fingerprint density at radius 3 is 2.41 bits per heavy atom. The lowest BCUT2D eigenvalue weighted by Crippen LogP contribution is -2.10. The van der Waals surface area contributed by atoms with Crippen molar-refractivity contribution in [3.8, 4) is 0 Å². The Bertz CT molecular complexity index is 694. The number of hydrazone groups is 1. The van der Waals surface area contributed by atoms with Crippen molar-refractivity contribution in [3.05, 3.63) is 46.0 Å². The summed E-state index contributed by atoms with van der Waals surface area (Å²) in [6.07, 6.45) is 1.75. The molecule has 5 heteroatoms. The minimum absolute atomic E-state index is 0.0322. The first-order chi connectivity index (χ1) is 10.3. The highest BCUT2D eigenvalue weighted by Crippen LogP contribution is 2.23. The molecule has 0 aliphatic carbocycles. The lowest BCUT2D eigenvalue weighted by Gasteiger charge is -2.18. The number of benzene rings is 1. The molecule has 4 nitrogen and oxygen atoms in total. The maximum absolute atomic E-state index is 11.4. The molecule has 0 saturated carbocycles. The molecule has 0 spiro atoms. The lowest BCUT2D eigenvalue weighted by molar-refractivity contribution is 0.102. The second-order valence-electron chi connectivity index (χ2n) is 6.23. The van der Waals surface area contributed by atoms with Gasteiger partial charge in [-0.05, 0) is 23.5 Å². The van der Waals surface area contributed by atoms with E-state index < -0.39 is 0 Å². The summed E-state index contributed by atoms with van der Waals surface area (Å²) in [5, 5.41) is 4.81. The van der Waals surface area contributed by atoms with Gasteiger partial charge in [0.05, 0.1) is 16.8 Å². The standard InChI is InChI=1S/C17H21N3OS/c1-11-15(12(2)21)22-16(19-11)20-18-10-13-6-8-14(9-7-13)17(3,4)5/h6-10H,1-5H3,(H,19,20)/b18-10+. The number of rotatable bonds is 4. The van der Waals surface area contributed by atoms with Crippen LogP contribution in [-0.4, -0.2) is 17.0 Å². The Morgan fingerprint density at radius 1 is 1.27 bits per heavy atom. The molecule has 1 aromatic heterocycles. The highest BCUT2D eigenvalue weighted by Gasteiger charge is 2.12. The first-order valence-corrected chi connectivity index (χ1v) is 7.97. The number of aryl methyl sites for hydroxylation is 1. The van der Waals surface area contributed by atoms with Crippen molar-refractivity contribution in [3.63, 3.8) is 0 Å². The summed E-state index contributed by atoms with van der Waals surface area (Å²) in [5.41, 5.74) is 6.07. The molecule has 0 aliphatic heterocycles. The second-order valence-corrected chi connectivity index (χ2v) is 7.23. The zero-order valence-electron chi connectivity index (χ0n) is 13.6. The minimum Gasteiger partial charge on any atom is -0.294 e. The minimum atomic E-state index is 0.0322. The first-order valence-electron chi connectivity index (χ1n) is 7.15. The van der Waals surface area contributed by atoms with Crippen LogP contribution in [0.3, 0.4) is 0 Å². The van der Waals surface area contributed by atoms with E-state index in [1.807, 2.05) is 19.1 Å². The monoisotopic (exact) mass is 315 g/mol. The maximum atomic E-state index is 11.4. The third-order valence-corrected chi connectivity index (χ3v) is 4.43. The molecule has 0 atom stereocenters. The predicted molar refractivity (Wildman–Crippen MR) is 93.2 cm³/mol. The summed E-state index contributed by atoms with van der Waals surface area (Å²) >= 11 is 1.32. The third kappa shape index (κ3) is 4.01. The van der Waals surface area contributed by atoms with Crippen LogP contribution in [0, 0.1) is 6.92 Å². The van der Waals surface area contributed by atoms with Crippen LogP contribution in [0.15, 0.2) is 29.4 Å². The van der Waals surface area contributed by atoms with Gasteiger partial charge in [-0.3, -0.25) is 10.2 Å². The molecular weight excluding hydrogens is 294 g/mol. The van der Waals surface area contributed by atoms with Crippen molar-refractivity contribution in [1.82, 2.24) is 4.98 Å². The van der Waals surface area contributed by atoms with Gasteiger partial charge in [0, 0.05) is 6.92 Å². The van der Waals surface area contributed by atoms with Crippen LogP contribution in [0.5, 0.6) is 0 Å². The molecule has 22 heavy (non-hydrogen) atoms. The SMILES string of the molecule is CC(=O)c1sc(N/N=C/c2ccc(C(C)(C)C)cc2)nc1C. The normalized spacial score (nSPS) is 11.9. The van der Waals surface area contributed by atoms with E-state index in [9.17, 15) is 4.79 Å². The third-order valence-electron chi connectivity index (χ3n) is 3.27. The molecule has 0 amide bonds. The average Bonchev–Trinajstić information content (AvgIpc) is 2.80. The van der Waals surface area contributed by atoms with Crippen molar-refractivity contribution < 1.29 is 4.79 Å². The van der Waals surface area contributed by atoms with E-state index in [-0.39, 0.29) is 11.2 Å². The Hall–Kier alpha value is -2.01. The number of nitrogens with one attached hydrogen (secondary N) is 1. The fraction of sp³-hybridized carbons (Fsp3) is 0.353. The summed E-state index contributed by atoms with van der Waals surface area (Å²) in [4.78, 5) is 16.3. The number of aromatic nitrogens is 1. The van der Waals surface area contributed by atoms with Gasteiger partial charge in [-0.15, -0.1) is 0 Å². The molecule has 1 N–H and O–H groups in total.